The number of fused-ring (bicyclic) bond motifs is 1. The standard InChI is InChI=1S/C32H38F4N8O2/c1-18(37)4-2-5-19-14-24(28(33)27(15-19)46-32(34,35)36)26-16-21-17-44(31(45)43-29(21)42-26)23-10-8-20(9-11-23)25-7-3-6-22(41-25)12-13-40-30(38)39/h8-11,14-18,22,25,41H,2-7,12-13,37H2,1H3,(H4,38,39,40)(H,42,43,45)/t18-,22+,25-/m0/s1. The molecule has 8 N–H and O–H groups in total. The molecule has 1 fully saturated rings. The number of nitrogens with one attached hydrogen (secondary N) is 4. The number of rotatable bonds is 11. The molecule has 1 saturated heterocycles. The number of piperidine rings is 1. The maximum Gasteiger partial charge on any atom is 0.573 e. The summed E-state index contributed by atoms with van der Waals surface area (Å²) in [6.45, 7) is 2.45. The van der Waals surface area contributed by atoms with Crippen LogP contribution in [0, 0.1) is 11.2 Å². The fourth-order valence-corrected chi connectivity index (χ4v) is 5.91. The molecule has 246 valence electrons. The number of nitrogens with two attached hydrogens (primary N) is 2. The van der Waals surface area contributed by atoms with Gasteiger partial charge in [0, 0.05) is 41.8 Å². The molecule has 0 aliphatic carbocycles. The van der Waals surface area contributed by atoms with E-state index in [4.69, 9.17) is 16.9 Å². The zero-order valence-corrected chi connectivity index (χ0v) is 25.4. The number of ether oxygens (including phenoxy) is 1. The van der Waals surface area contributed by atoms with Gasteiger partial charge in [-0.15, -0.1) is 13.2 Å². The van der Waals surface area contributed by atoms with E-state index in [2.05, 4.69) is 25.3 Å². The number of nitrogens with zero attached hydrogens (tertiary/aromatic N) is 2. The van der Waals surface area contributed by atoms with E-state index in [0.29, 0.717) is 48.5 Å². The van der Waals surface area contributed by atoms with Crippen LogP contribution in [0.15, 0.2) is 53.5 Å². The number of aromatic amines is 1. The molecule has 4 aromatic rings. The summed E-state index contributed by atoms with van der Waals surface area (Å²) in [6.07, 6.45) is 1.99. The smallest absolute Gasteiger partial charge is 0.403 e. The first kappa shape index (κ1) is 32.9. The Morgan fingerprint density at radius 1 is 1.22 bits per heavy atom. The summed E-state index contributed by atoms with van der Waals surface area (Å²) in [4.78, 5) is 20.0. The lowest BCUT2D eigenvalue weighted by Gasteiger charge is -2.31. The van der Waals surface area contributed by atoms with Crippen LogP contribution in [0.25, 0.3) is 28.0 Å². The van der Waals surface area contributed by atoms with Crippen molar-refractivity contribution in [1.29, 1.82) is 5.41 Å². The van der Waals surface area contributed by atoms with Crippen LogP contribution in [0.5, 0.6) is 5.75 Å². The van der Waals surface area contributed by atoms with Gasteiger partial charge in [-0.3, -0.25) is 9.98 Å². The van der Waals surface area contributed by atoms with Gasteiger partial charge in [0.2, 0.25) is 0 Å². The van der Waals surface area contributed by atoms with Gasteiger partial charge < -0.3 is 31.8 Å². The first-order valence-electron chi connectivity index (χ1n) is 15.3. The predicted octanol–water partition coefficient (Wildman–Crippen LogP) is 5.14. The van der Waals surface area contributed by atoms with Crippen LogP contribution in [-0.4, -0.2) is 45.5 Å². The number of hydrogen-bond acceptors (Lipinski definition) is 6. The molecule has 0 radical (unpaired) electrons. The second kappa shape index (κ2) is 13.9. The molecule has 5 rings (SSSR count). The van der Waals surface area contributed by atoms with Gasteiger partial charge in [-0.25, -0.2) is 9.18 Å². The van der Waals surface area contributed by atoms with Gasteiger partial charge in [0.05, 0.1) is 11.4 Å². The molecular weight excluding hydrogens is 604 g/mol. The third-order valence-corrected chi connectivity index (χ3v) is 8.11. The van der Waals surface area contributed by atoms with Crippen molar-refractivity contribution < 1.29 is 22.3 Å². The molecular formula is C32H38F4N8O2. The van der Waals surface area contributed by atoms with Crippen molar-refractivity contribution in [2.75, 3.05) is 6.54 Å². The highest BCUT2D eigenvalue weighted by molar-refractivity contribution is 5.83. The number of alkyl halides is 3. The average molecular weight is 643 g/mol. The van der Waals surface area contributed by atoms with Crippen LogP contribution in [-0.2, 0) is 6.42 Å². The maximum atomic E-state index is 15.4. The number of H-pyrrole nitrogens is 1. The van der Waals surface area contributed by atoms with E-state index in [9.17, 15) is 18.0 Å². The van der Waals surface area contributed by atoms with Crippen molar-refractivity contribution in [3.63, 3.8) is 0 Å². The Hall–Kier alpha value is -4.43. The molecule has 46 heavy (non-hydrogen) atoms. The Kier molecular flexibility index (Phi) is 9.97. The van der Waals surface area contributed by atoms with Crippen LogP contribution < -0.4 is 32.5 Å². The maximum absolute atomic E-state index is 15.4. The van der Waals surface area contributed by atoms with E-state index in [-0.39, 0.29) is 34.9 Å². The van der Waals surface area contributed by atoms with E-state index in [1.807, 2.05) is 31.2 Å². The Morgan fingerprint density at radius 3 is 2.67 bits per heavy atom. The van der Waals surface area contributed by atoms with Gasteiger partial charge >= 0.3 is 12.1 Å². The van der Waals surface area contributed by atoms with Crippen molar-refractivity contribution in [3.8, 4) is 22.7 Å². The van der Waals surface area contributed by atoms with Crippen molar-refractivity contribution in [1.82, 2.24) is 25.2 Å². The lowest BCUT2D eigenvalue weighted by molar-refractivity contribution is -0.275. The molecule has 0 unspecified atom stereocenters. The summed E-state index contributed by atoms with van der Waals surface area (Å²) in [5, 5.41) is 14.3. The van der Waals surface area contributed by atoms with Crippen molar-refractivity contribution >= 4 is 17.0 Å². The summed E-state index contributed by atoms with van der Waals surface area (Å²) < 4.78 is 60.1. The molecule has 0 amide bonds. The molecule has 1 aliphatic rings. The van der Waals surface area contributed by atoms with Gasteiger partial charge in [-0.2, -0.15) is 4.98 Å². The number of aromatic nitrogens is 3. The largest absolute Gasteiger partial charge is 0.573 e. The quantitative estimate of drug-likeness (QED) is 0.0750. The van der Waals surface area contributed by atoms with E-state index in [0.717, 1.165) is 37.3 Å². The Balaban J connectivity index is 1.39. The molecule has 2 aromatic carbocycles. The van der Waals surface area contributed by atoms with Crippen LogP contribution >= 0.6 is 0 Å². The normalized spacial score (nSPS) is 17.6. The van der Waals surface area contributed by atoms with Crippen LogP contribution in [0.4, 0.5) is 17.6 Å². The summed E-state index contributed by atoms with van der Waals surface area (Å²) in [5.74, 6) is -2.16. The Labute approximate surface area is 263 Å². The third-order valence-electron chi connectivity index (χ3n) is 8.11. The number of benzene rings is 2. The van der Waals surface area contributed by atoms with Gasteiger partial charge in [-0.1, -0.05) is 18.6 Å². The number of halogens is 4. The fraction of sp³-hybridized carbons (Fsp3) is 0.406. The molecule has 0 saturated carbocycles. The molecule has 2 aromatic heterocycles. The molecule has 0 spiro atoms. The fourth-order valence-electron chi connectivity index (χ4n) is 5.91. The first-order valence-corrected chi connectivity index (χ1v) is 15.3. The van der Waals surface area contributed by atoms with Crippen LogP contribution in [0.2, 0.25) is 0 Å². The van der Waals surface area contributed by atoms with Gasteiger partial charge in [0.1, 0.15) is 5.65 Å². The molecule has 3 heterocycles. The first-order chi connectivity index (χ1) is 21.9. The highest BCUT2D eigenvalue weighted by Crippen LogP contribution is 2.35. The van der Waals surface area contributed by atoms with Gasteiger partial charge in [0.25, 0.3) is 0 Å². The zero-order chi connectivity index (χ0) is 33.0. The monoisotopic (exact) mass is 642 g/mol. The lowest BCUT2D eigenvalue weighted by Crippen LogP contribution is -2.40. The predicted molar refractivity (Wildman–Crippen MR) is 168 cm³/mol. The molecule has 0 bridgehead atoms. The number of guanidine groups is 1. The minimum Gasteiger partial charge on any atom is -0.403 e. The van der Waals surface area contributed by atoms with E-state index in [1.165, 1.54) is 10.6 Å². The lowest BCUT2D eigenvalue weighted by atomic mass is 9.92. The average Bonchev–Trinajstić information content (AvgIpc) is 3.40. The van der Waals surface area contributed by atoms with Gasteiger partial charge in [-0.05, 0) is 86.9 Å². The summed E-state index contributed by atoms with van der Waals surface area (Å²) in [6, 6.07) is 12.0. The summed E-state index contributed by atoms with van der Waals surface area (Å²) >= 11 is 0. The summed E-state index contributed by atoms with van der Waals surface area (Å²) in [7, 11) is 0. The van der Waals surface area contributed by atoms with Crippen molar-refractivity contribution in [2.24, 2.45) is 11.5 Å². The van der Waals surface area contributed by atoms with Crippen molar-refractivity contribution in [3.05, 3.63) is 76.1 Å². The minimum absolute atomic E-state index is 0.0449. The topological polar surface area (TPSA) is 160 Å². The highest BCUT2D eigenvalue weighted by Gasteiger charge is 2.33. The molecule has 1 aliphatic heterocycles. The minimum atomic E-state index is -5.08. The third kappa shape index (κ3) is 8.23. The SMILES string of the molecule is C[C@H](N)CCCc1cc(OC(F)(F)F)c(F)c(-c2cc3cn(-c4ccc([C@@H]5CCC[C@H](CCNC(=N)N)N5)cc4)c(=O)nc3[nH]2)c1. The second-order valence-electron chi connectivity index (χ2n) is 11.8. The molecule has 14 heteroatoms. The Morgan fingerprint density at radius 2 is 1.98 bits per heavy atom. The number of hydrogen-bond donors (Lipinski definition) is 6. The van der Waals surface area contributed by atoms with Crippen molar-refractivity contribution in [2.45, 2.75) is 76.4 Å². The van der Waals surface area contributed by atoms with E-state index < -0.39 is 23.6 Å². The highest BCUT2D eigenvalue weighted by atomic mass is 19.4. The van der Waals surface area contributed by atoms with Crippen LogP contribution in [0.1, 0.15) is 62.6 Å². The summed E-state index contributed by atoms with van der Waals surface area (Å²) in [5.41, 5.74) is 12.9. The van der Waals surface area contributed by atoms with Crippen LogP contribution in [0.3, 0.4) is 0 Å². The number of aryl methyl sites for hydroxylation is 1. The zero-order valence-electron chi connectivity index (χ0n) is 25.4. The molecule has 3 atom stereocenters. The molecule has 10 nitrogen and oxygen atoms in total. The van der Waals surface area contributed by atoms with E-state index >= 15 is 4.39 Å². The van der Waals surface area contributed by atoms with Gasteiger partial charge in [0.15, 0.2) is 17.5 Å². The van der Waals surface area contributed by atoms with E-state index in [1.54, 1.807) is 12.3 Å². The Bertz CT molecular complexity index is 1730. The second-order valence-corrected chi connectivity index (χ2v) is 11.8.